The third-order valence-corrected chi connectivity index (χ3v) is 5.23. The van der Waals surface area contributed by atoms with Crippen molar-refractivity contribution in [3.8, 4) is 17.0 Å². The number of halogens is 4. The number of alkyl halides is 3. The van der Waals surface area contributed by atoms with Crippen LogP contribution >= 0.6 is 27.7 Å². The minimum Gasteiger partial charge on any atom is -0.495 e. The number of hydrogen-bond donors (Lipinski definition) is 1. The molecule has 0 atom stereocenters. The first kappa shape index (κ1) is 22.1. The summed E-state index contributed by atoms with van der Waals surface area (Å²) in [5.41, 5.74) is 0.0260. The second-order valence-corrected chi connectivity index (χ2v) is 7.82. The van der Waals surface area contributed by atoms with Crippen LogP contribution in [0.25, 0.3) is 11.3 Å². The molecule has 5 nitrogen and oxygen atoms in total. The van der Waals surface area contributed by atoms with Crippen LogP contribution in [0.1, 0.15) is 5.69 Å². The van der Waals surface area contributed by atoms with Crippen molar-refractivity contribution in [2.24, 2.45) is 0 Å². The van der Waals surface area contributed by atoms with Gasteiger partial charge in [0.25, 0.3) is 0 Å². The van der Waals surface area contributed by atoms with Gasteiger partial charge >= 0.3 is 6.18 Å². The number of aromatic nitrogens is 2. The van der Waals surface area contributed by atoms with Crippen molar-refractivity contribution in [3.63, 3.8) is 0 Å². The van der Waals surface area contributed by atoms with Gasteiger partial charge in [0.2, 0.25) is 5.91 Å². The van der Waals surface area contributed by atoms with E-state index in [2.05, 4.69) is 31.2 Å². The third-order valence-electron chi connectivity index (χ3n) is 3.85. The number of para-hydroxylation sites is 2. The van der Waals surface area contributed by atoms with E-state index >= 15 is 0 Å². The molecule has 1 heterocycles. The number of amides is 1. The Bertz CT molecular complexity index is 1050. The molecule has 0 fully saturated rings. The molecular weight excluding hydrogens is 483 g/mol. The molecule has 0 saturated carbocycles. The Morgan fingerprint density at radius 3 is 2.50 bits per heavy atom. The van der Waals surface area contributed by atoms with Gasteiger partial charge in [-0.2, -0.15) is 13.2 Å². The number of nitrogens with one attached hydrogen (secondary N) is 1. The second kappa shape index (κ2) is 9.48. The molecule has 3 rings (SSSR count). The highest BCUT2D eigenvalue weighted by Crippen LogP contribution is 2.32. The molecule has 1 N–H and O–H groups in total. The number of carbonyl (C=O) groups is 1. The summed E-state index contributed by atoms with van der Waals surface area (Å²) < 4.78 is 45.8. The van der Waals surface area contributed by atoms with Crippen molar-refractivity contribution in [2.45, 2.75) is 11.3 Å². The van der Waals surface area contributed by atoms with Crippen LogP contribution in [0.2, 0.25) is 0 Å². The summed E-state index contributed by atoms with van der Waals surface area (Å²) in [4.78, 5) is 20.0. The summed E-state index contributed by atoms with van der Waals surface area (Å²) in [6.45, 7) is 0. The summed E-state index contributed by atoms with van der Waals surface area (Å²) in [5.74, 6) is -0.113. The van der Waals surface area contributed by atoms with E-state index in [-0.39, 0.29) is 16.6 Å². The first-order valence-electron chi connectivity index (χ1n) is 8.54. The molecule has 1 amide bonds. The highest BCUT2D eigenvalue weighted by molar-refractivity contribution is 9.10. The van der Waals surface area contributed by atoms with Gasteiger partial charge in [-0.25, -0.2) is 9.97 Å². The van der Waals surface area contributed by atoms with Gasteiger partial charge in [-0.05, 0) is 30.3 Å². The molecule has 0 spiro atoms. The number of rotatable bonds is 6. The maximum absolute atomic E-state index is 13.3. The van der Waals surface area contributed by atoms with Crippen LogP contribution in [0.4, 0.5) is 18.9 Å². The lowest BCUT2D eigenvalue weighted by atomic mass is 10.1. The molecule has 3 aromatic rings. The Morgan fingerprint density at radius 1 is 1.13 bits per heavy atom. The van der Waals surface area contributed by atoms with E-state index in [1.54, 1.807) is 48.5 Å². The van der Waals surface area contributed by atoms with E-state index in [4.69, 9.17) is 4.74 Å². The van der Waals surface area contributed by atoms with Gasteiger partial charge in [0.15, 0.2) is 5.16 Å². The average Bonchev–Trinajstić information content (AvgIpc) is 2.72. The second-order valence-electron chi connectivity index (χ2n) is 5.96. The predicted octanol–water partition coefficient (Wildman–Crippen LogP) is 5.66. The van der Waals surface area contributed by atoms with Crippen LogP contribution < -0.4 is 10.1 Å². The lowest BCUT2D eigenvalue weighted by Gasteiger charge is -2.11. The smallest absolute Gasteiger partial charge is 0.433 e. The Kier molecular flexibility index (Phi) is 6.99. The van der Waals surface area contributed by atoms with Gasteiger partial charge in [-0.15, -0.1) is 0 Å². The summed E-state index contributed by atoms with van der Waals surface area (Å²) in [5, 5.41) is 2.52. The SMILES string of the molecule is COc1ccccc1NC(=O)CSc1nc(-c2ccc(Br)cc2)cc(C(F)(F)F)n1. The molecule has 2 aromatic carbocycles. The summed E-state index contributed by atoms with van der Waals surface area (Å²) in [6, 6.07) is 14.4. The van der Waals surface area contributed by atoms with Crippen LogP contribution in [-0.4, -0.2) is 28.7 Å². The van der Waals surface area contributed by atoms with Crippen LogP contribution in [0.15, 0.2) is 64.2 Å². The van der Waals surface area contributed by atoms with E-state index in [1.807, 2.05) is 0 Å². The standard InChI is InChI=1S/C20H15BrF3N3O2S/c1-29-16-5-3-2-4-14(16)25-18(28)11-30-19-26-15(10-17(27-19)20(22,23)24)12-6-8-13(21)9-7-12/h2-10H,11H2,1H3,(H,25,28). The molecule has 10 heteroatoms. The largest absolute Gasteiger partial charge is 0.495 e. The number of nitrogens with zero attached hydrogens (tertiary/aromatic N) is 2. The van der Waals surface area contributed by atoms with Crippen molar-refractivity contribution in [1.29, 1.82) is 0 Å². The molecule has 0 aliphatic rings. The van der Waals surface area contributed by atoms with Crippen molar-refractivity contribution >= 4 is 39.3 Å². The molecule has 0 aliphatic carbocycles. The van der Waals surface area contributed by atoms with Crippen LogP contribution in [0, 0.1) is 0 Å². The number of methoxy groups -OCH3 is 1. The fourth-order valence-corrected chi connectivity index (χ4v) is 3.39. The molecule has 0 saturated heterocycles. The fraction of sp³-hybridized carbons (Fsp3) is 0.150. The first-order chi connectivity index (χ1) is 14.3. The minimum atomic E-state index is -4.64. The van der Waals surface area contributed by atoms with Gasteiger partial charge in [0.1, 0.15) is 11.4 Å². The van der Waals surface area contributed by atoms with E-state index in [0.717, 1.165) is 22.3 Å². The highest BCUT2D eigenvalue weighted by atomic mass is 79.9. The van der Waals surface area contributed by atoms with E-state index in [9.17, 15) is 18.0 Å². The Hall–Kier alpha value is -2.59. The van der Waals surface area contributed by atoms with Crippen molar-refractivity contribution in [1.82, 2.24) is 9.97 Å². The van der Waals surface area contributed by atoms with Crippen molar-refractivity contribution in [3.05, 3.63) is 64.8 Å². The maximum atomic E-state index is 13.3. The quantitative estimate of drug-likeness (QED) is 0.351. The summed E-state index contributed by atoms with van der Waals surface area (Å²) >= 11 is 4.11. The predicted molar refractivity (Wildman–Crippen MR) is 113 cm³/mol. The number of hydrogen-bond acceptors (Lipinski definition) is 5. The monoisotopic (exact) mass is 497 g/mol. The Balaban J connectivity index is 1.80. The number of carbonyl (C=O) groups excluding carboxylic acids is 1. The maximum Gasteiger partial charge on any atom is 0.433 e. The normalized spacial score (nSPS) is 11.2. The highest BCUT2D eigenvalue weighted by Gasteiger charge is 2.34. The number of thioether (sulfide) groups is 1. The molecule has 30 heavy (non-hydrogen) atoms. The lowest BCUT2D eigenvalue weighted by molar-refractivity contribution is -0.141. The minimum absolute atomic E-state index is 0.123. The molecular formula is C20H15BrF3N3O2S. The Labute approximate surface area is 183 Å². The van der Waals surface area contributed by atoms with Gasteiger partial charge in [0, 0.05) is 10.0 Å². The zero-order valence-electron chi connectivity index (χ0n) is 15.5. The van der Waals surface area contributed by atoms with Gasteiger partial charge in [-0.3, -0.25) is 4.79 Å². The lowest BCUT2D eigenvalue weighted by Crippen LogP contribution is -2.15. The van der Waals surface area contributed by atoms with E-state index in [0.29, 0.717) is 17.0 Å². The third kappa shape index (κ3) is 5.73. The topological polar surface area (TPSA) is 64.1 Å². The fourth-order valence-electron chi connectivity index (χ4n) is 2.47. The number of anilines is 1. The molecule has 0 unspecified atom stereocenters. The molecule has 0 radical (unpaired) electrons. The Morgan fingerprint density at radius 2 is 1.83 bits per heavy atom. The summed E-state index contributed by atoms with van der Waals surface area (Å²) in [7, 11) is 1.47. The zero-order chi connectivity index (χ0) is 21.7. The van der Waals surface area contributed by atoms with Crippen LogP contribution in [0.5, 0.6) is 5.75 Å². The van der Waals surface area contributed by atoms with Crippen molar-refractivity contribution < 1.29 is 22.7 Å². The number of benzene rings is 2. The first-order valence-corrected chi connectivity index (χ1v) is 10.3. The van der Waals surface area contributed by atoms with Crippen molar-refractivity contribution in [2.75, 3.05) is 18.2 Å². The van der Waals surface area contributed by atoms with Crippen LogP contribution in [-0.2, 0) is 11.0 Å². The zero-order valence-corrected chi connectivity index (χ0v) is 17.9. The molecule has 0 bridgehead atoms. The van der Waals surface area contributed by atoms with Gasteiger partial charge in [-0.1, -0.05) is 52.0 Å². The van der Waals surface area contributed by atoms with Gasteiger partial charge < -0.3 is 10.1 Å². The molecule has 1 aromatic heterocycles. The molecule has 0 aliphatic heterocycles. The van der Waals surface area contributed by atoms with Crippen LogP contribution in [0.3, 0.4) is 0 Å². The number of ether oxygens (including phenoxy) is 1. The van der Waals surface area contributed by atoms with Gasteiger partial charge in [0.05, 0.1) is 24.2 Å². The van der Waals surface area contributed by atoms with E-state index in [1.165, 1.54) is 7.11 Å². The summed E-state index contributed by atoms with van der Waals surface area (Å²) in [6.07, 6.45) is -4.64. The van der Waals surface area contributed by atoms with E-state index < -0.39 is 17.8 Å². The average molecular weight is 498 g/mol. The molecule has 156 valence electrons.